The van der Waals surface area contributed by atoms with Gasteiger partial charge in [-0.05, 0) is 116 Å². The monoisotopic (exact) mass is 1090 g/mol. The van der Waals surface area contributed by atoms with E-state index in [1.807, 2.05) is 0 Å². The number of hydrogen-bond acceptors (Lipinski definition) is 6. The number of unbranched alkanes of at least 4 members (excludes halogenated alkanes) is 28. The van der Waals surface area contributed by atoms with Crippen molar-refractivity contribution < 1.29 is 28.6 Å². The molecule has 0 aromatic rings. The van der Waals surface area contributed by atoms with Crippen LogP contribution in [0.1, 0.15) is 303 Å². The molecule has 1 atom stereocenters. The third-order valence-corrected chi connectivity index (χ3v) is 14.0. The normalized spacial score (nSPS) is 12.9. The molecule has 0 heterocycles. The second-order valence-corrected chi connectivity index (χ2v) is 21.6. The number of carbonyl (C=O) groups excluding carboxylic acids is 3. The van der Waals surface area contributed by atoms with Gasteiger partial charge in [0.05, 0.1) is 0 Å². The Labute approximate surface area is 488 Å². The summed E-state index contributed by atoms with van der Waals surface area (Å²) >= 11 is 0. The average Bonchev–Trinajstić information content (AvgIpc) is 3.45. The van der Waals surface area contributed by atoms with Crippen LogP contribution in [0.2, 0.25) is 0 Å². The maximum Gasteiger partial charge on any atom is 0.306 e. The first-order valence-corrected chi connectivity index (χ1v) is 33.0. The summed E-state index contributed by atoms with van der Waals surface area (Å²) in [5.74, 6) is -0.909. The van der Waals surface area contributed by atoms with Crippen molar-refractivity contribution in [2.24, 2.45) is 0 Å². The van der Waals surface area contributed by atoms with Crippen molar-refractivity contribution in [1.29, 1.82) is 0 Å². The van der Waals surface area contributed by atoms with Gasteiger partial charge in [0.1, 0.15) is 13.2 Å². The number of rotatable bonds is 59. The molecular formula is C73H122O6. The fourth-order valence-corrected chi connectivity index (χ4v) is 9.02. The van der Waals surface area contributed by atoms with Crippen LogP contribution in [-0.4, -0.2) is 37.2 Å². The van der Waals surface area contributed by atoms with Gasteiger partial charge < -0.3 is 14.2 Å². The van der Waals surface area contributed by atoms with Crippen LogP contribution in [0.25, 0.3) is 0 Å². The third-order valence-electron chi connectivity index (χ3n) is 14.0. The fraction of sp³-hybridized carbons (Fsp3) is 0.685. The van der Waals surface area contributed by atoms with Crippen molar-refractivity contribution >= 4 is 17.9 Å². The number of carbonyl (C=O) groups is 3. The van der Waals surface area contributed by atoms with E-state index in [-0.39, 0.29) is 31.1 Å². The van der Waals surface area contributed by atoms with E-state index in [1.165, 1.54) is 116 Å². The molecule has 0 aromatic heterocycles. The van der Waals surface area contributed by atoms with Gasteiger partial charge in [0.15, 0.2) is 6.10 Å². The SMILES string of the molecule is CC/C=C\C/C=C\C/C=C\C/C=C\C/C=C\C/C=C\C/C=C\C/C=C\CCCCCCCCC(=O)OCC(COC(=O)CCCCCCCCCCCCCCCCC)OC(=O)CCCCCCC/C=C\C/C=C\CCCCC. The molecule has 0 aliphatic rings. The van der Waals surface area contributed by atoms with Crippen molar-refractivity contribution in [3.63, 3.8) is 0 Å². The summed E-state index contributed by atoms with van der Waals surface area (Å²) < 4.78 is 16.9. The topological polar surface area (TPSA) is 78.9 Å². The Morgan fingerprint density at radius 3 is 0.797 bits per heavy atom. The predicted molar refractivity (Wildman–Crippen MR) is 343 cm³/mol. The Hall–Kier alpha value is -4.19. The second-order valence-electron chi connectivity index (χ2n) is 21.6. The largest absolute Gasteiger partial charge is 0.462 e. The van der Waals surface area contributed by atoms with Crippen LogP contribution in [-0.2, 0) is 28.6 Å². The molecule has 0 fully saturated rings. The summed E-state index contributed by atoms with van der Waals surface area (Å²) in [4.78, 5) is 38.3. The van der Waals surface area contributed by atoms with Gasteiger partial charge in [-0.2, -0.15) is 0 Å². The molecule has 450 valence electrons. The van der Waals surface area contributed by atoms with Gasteiger partial charge in [0.2, 0.25) is 0 Å². The van der Waals surface area contributed by atoms with E-state index in [9.17, 15) is 14.4 Å². The lowest BCUT2D eigenvalue weighted by molar-refractivity contribution is -0.167. The summed E-state index contributed by atoms with van der Waals surface area (Å²) in [5.41, 5.74) is 0. The lowest BCUT2D eigenvalue weighted by Crippen LogP contribution is -2.30. The maximum absolute atomic E-state index is 12.9. The van der Waals surface area contributed by atoms with E-state index in [1.54, 1.807) is 0 Å². The Morgan fingerprint density at radius 2 is 0.494 bits per heavy atom. The summed E-state index contributed by atoms with van der Waals surface area (Å²) in [6, 6.07) is 0. The first-order valence-electron chi connectivity index (χ1n) is 33.0. The van der Waals surface area contributed by atoms with Gasteiger partial charge in [-0.3, -0.25) is 14.4 Å². The van der Waals surface area contributed by atoms with Crippen molar-refractivity contribution in [2.45, 2.75) is 309 Å². The smallest absolute Gasteiger partial charge is 0.306 e. The lowest BCUT2D eigenvalue weighted by atomic mass is 10.0. The summed E-state index contributed by atoms with van der Waals surface area (Å²) in [6.45, 7) is 6.50. The van der Waals surface area contributed by atoms with Crippen LogP contribution < -0.4 is 0 Å². The molecule has 0 aliphatic carbocycles. The maximum atomic E-state index is 12.9. The van der Waals surface area contributed by atoms with E-state index >= 15 is 0 Å². The molecule has 0 bridgehead atoms. The minimum absolute atomic E-state index is 0.0876. The van der Waals surface area contributed by atoms with Crippen LogP contribution in [0.3, 0.4) is 0 Å². The zero-order valence-corrected chi connectivity index (χ0v) is 51.6. The minimum atomic E-state index is -0.794. The van der Waals surface area contributed by atoms with Crippen molar-refractivity contribution in [1.82, 2.24) is 0 Å². The Bertz CT molecular complexity index is 1640. The van der Waals surface area contributed by atoms with Crippen LogP contribution in [0.4, 0.5) is 0 Å². The molecule has 0 spiro atoms. The lowest BCUT2D eigenvalue weighted by Gasteiger charge is -2.18. The Morgan fingerprint density at radius 1 is 0.266 bits per heavy atom. The fourth-order valence-electron chi connectivity index (χ4n) is 9.02. The van der Waals surface area contributed by atoms with Crippen LogP contribution in [0.5, 0.6) is 0 Å². The molecule has 0 rings (SSSR count). The van der Waals surface area contributed by atoms with Crippen LogP contribution in [0.15, 0.2) is 122 Å². The number of allylic oxidation sites excluding steroid dienone is 20. The number of ether oxygens (including phenoxy) is 3. The predicted octanol–water partition coefficient (Wildman–Crippen LogP) is 22.8. The Balaban J connectivity index is 4.34. The van der Waals surface area contributed by atoms with Gasteiger partial charge in [0, 0.05) is 19.3 Å². The van der Waals surface area contributed by atoms with E-state index in [0.29, 0.717) is 19.3 Å². The first kappa shape index (κ1) is 74.8. The molecule has 6 heteroatoms. The van der Waals surface area contributed by atoms with Gasteiger partial charge >= 0.3 is 17.9 Å². The zero-order chi connectivity index (χ0) is 57.1. The number of esters is 3. The van der Waals surface area contributed by atoms with Gasteiger partial charge in [0.25, 0.3) is 0 Å². The molecule has 79 heavy (non-hydrogen) atoms. The summed E-state index contributed by atoms with van der Waals surface area (Å²) in [5, 5.41) is 0. The highest BCUT2D eigenvalue weighted by atomic mass is 16.6. The minimum Gasteiger partial charge on any atom is -0.462 e. The number of hydrogen-bond donors (Lipinski definition) is 0. The highest BCUT2D eigenvalue weighted by Crippen LogP contribution is 2.16. The van der Waals surface area contributed by atoms with Crippen molar-refractivity contribution in [3.05, 3.63) is 122 Å². The average molecular weight is 1100 g/mol. The quantitative estimate of drug-likeness (QED) is 0.0261. The van der Waals surface area contributed by atoms with E-state index in [2.05, 4.69) is 142 Å². The molecular weight excluding hydrogens is 973 g/mol. The molecule has 0 N–H and O–H groups in total. The zero-order valence-electron chi connectivity index (χ0n) is 51.6. The van der Waals surface area contributed by atoms with Gasteiger partial charge in [-0.25, -0.2) is 0 Å². The van der Waals surface area contributed by atoms with Crippen LogP contribution in [0, 0.1) is 0 Å². The van der Waals surface area contributed by atoms with E-state index < -0.39 is 6.10 Å². The molecule has 0 saturated heterocycles. The highest BCUT2D eigenvalue weighted by Gasteiger charge is 2.19. The van der Waals surface area contributed by atoms with Crippen molar-refractivity contribution in [2.75, 3.05) is 13.2 Å². The molecule has 1 unspecified atom stereocenters. The highest BCUT2D eigenvalue weighted by molar-refractivity contribution is 5.71. The standard InChI is InChI=1S/C73H122O6/c1-4-7-10-13-16-19-22-25-28-29-30-31-32-33-34-35-36-37-38-39-40-41-42-43-46-48-51-54-57-60-63-66-72(75)78-69-70(79-73(76)67-64-61-58-55-52-49-45-27-24-21-18-15-12-9-6-3)68-77-71(74)65-62-59-56-53-50-47-44-26-23-20-17-14-11-8-5-2/h7,10,16,18-19,21,25,27-28,30-31,33-34,36-37,39-40,42-43,45,70H,4-6,8-9,11-15,17,20,22-24,26,29,32,35,38,41,44,46-69H2,1-3H3/b10-7-,19-16-,21-18-,28-25-,31-30-,34-33-,37-36-,40-39-,43-42-,45-27-. The third kappa shape index (κ3) is 64.5. The van der Waals surface area contributed by atoms with Gasteiger partial charge in [-0.15, -0.1) is 0 Å². The van der Waals surface area contributed by atoms with E-state index in [0.717, 1.165) is 148 Å². The van der Waals surface area contributed by atoms with Crippen LogP contribution >= 0.6 is 0 Å². The van der Waals surface area contributed by atoms with E-state index in [4.69, 9.17) is 14.2 Å². The van der Waals surface area contributed by atoms with Crippen molar-refractivity contribution in [3.8, 4) is 0 Å². The summed E-state index contributed by atoms with van der Waals surface area (Å²) in [7, 11) is 0. The first-order chi connectivity index (χ1) is 39.0. The summed E-state index contributed by atoms with van der Waals surface area (Å²) in [6.07, 6.45) is 92.0. The molecule has 0 saturated carbocycles. The molecule has 6 nitrogen and oxygen atoms in total. The van der Waals surface area contributed by atoms with Gasteiger partial charge in [-0.1, -0.05) is 290 Å². The molecule has 0 amide bonds. The molecule has 0 aliphatic heterocycles. The second kappa shape index (κ2) is 66.3. The molecule has 0 radical (unpaired) electrons. The Kier molecular flexibility index (Phi) is 62.8. The molecule has 0 aromatic carbocycles.